The van der Waals surface area contributed by atoms with Gasteiger partial charge in [-0.1, -0.05) is 6.07 Å². The van der Waals surface area contributed by atoms with Crippen LogP contribution in [0.5, 0.6) is 11.5 Å². The van der Waals surface area contributed by atoms with E-state index in [1.54, 1.807) is 51.5 Å². The molecule has 6 heteroatoms. The lowest BCUT2D eigenvalue weighted by atomic mass is 10.1. The largest absolute Gasteiger partial charge is 0.493 e. The Morgan fingerprint density at radius 3 is 2.48 bits per heavy atom. The minimum atomic E-state index is -0.484. The Bertz CT molecular complexity index is 812. The van der Waals surface area contributed by atoms with Gasteiger partial charge in [0.2, 0.25) is 5.91 Å². The van der Waals surface area contributed by atoms with Crippen LogP contribution in [0.25, 0.3) is 0 Å². The summed E-state index contributed by atoms with van der Waals surface area (Å²) >= 11 is 0. The Morgan fingerprint density at radius 1 is 1.16 bits per heavy atom. The number of hydrogen-bond acceptors (Lipinski definition) is 5. The maximum atomic E-state index is 12.4. The molecule has 25 heavy (non-hydrogen) atoms. The van der Waals surface area contributed by atoms with E-state index in [1.807, 2.05) is 19.1 Å². The van der Waals surface area contributed by atoms with Gasteiger partial charge in [-0.05, 0) is 43.7 Å². The molecule has 0 radical (unpaired) electrons. The highest BCUT2D eigenvalue weighted by molar-refractivity contribution is 5.96. The van der Waals surface area contributed by atoms with Crippen LogP contribution in [-0.4, -0.2) is 26.2 Å². The minimum Gasteiger partial charge on any atom is -0.493 e. The Labute approximate surface area is 147 Å². The van der Waals surface area contributed by atoms with Gasteiger partial charge in [-0.2, -0.15) is 5.26 Å². The number of anilines is 2. The molecule has 2 aromatic carbocycles. The lowest BCUT2D eigenvalue weighted by molar-refractivity contribution is -0.116. The van der Waals surface area contributed by atoms with Crippen LogP contribution < -0.4 is 20.1 Å². The first-order valence-electron chi connectivity index (χ1n) is 7.78. The number of methoxy groups -OCH3 is 2. The maximum absolute atomic E-state index is 12.4. The number of carbonyl (C=O) groups is 1. The number of nitrogens with zero attached hydrogens (tertiary/aromatic N) is 1. The number of ether oxygens (including phenoxy) is 2. The van der Waals surface area contributed by atoms with Gasteiger partial charge >= 0.3 is 0 Å². The number of rotatable bonds is 6. The quantitative estimate of drug-likeness (QED) is 0.843. The number of nitrogens with one attached hydrogen (secondary N) is 2. The van der Waals surface area contributed by atoms with E-state index in [0.717, 1.165) is 11.3 Å². The molecule has 2 N–H and O–H groups in total. The highest BCUT2D eigenvalue weighted by atomic mass is 16.5. The molecule has 0 spiro atoms. The van der Waals surface area contributed by atoms with Crippen LogP contribution in [0.1, 0.15) is 18.1 Å². The van der Waals surface area contributed by atoms with Crippen molar-refractivity contribution in [1.82, 2.24) is 0 Å². The minimum absolute atomic E-state index is 0.204. The van der Waals surface area contributed by atoms with Crippen LogP contribution in [-0.2, 0) is 4.79 Å². The summed E-state index contributed by atoms with van der Waals surface area (Å²) in [6.45, 7) is 3.69. The third-order valence-corrected chi connectivity index (χ3v) is 3.76. The molecule has 0 aliphatic rings. The fraction of sp³-hybridized carbons (Fsp3) is 0.263. The summed E-state index contributed by atoms with van der Waals surface area (Å²) in [4.78, 5) is 12.4. The average molecular weight is 339 g/mol. The number of aryl methyl sites for hydroxylation is 1. The number of nitriles is 1. The van der Waals surface area contributed by atoms with Gasteiger partial charge in [-0.25, -0.2) is 0 Å². The highest BCUT2D eigenvalue weighted by Crippen LogP contribution is 2.33. The van der Waals surface area contributed by atoms with Crippen LogP contribution in [0.4, 0.5) is 11.4 Å². The summed E-state index contributed by atoms with van der Waals surface area (Å²) < 4.78 is 10.6. The Hall–Kier alpha value is -3.20. The Balaban J connectivity index is 2.12. The molecule has 0 bridgehead atoms. The molecule has 1 atom stereocenters. The molecule has 130 valence electrons. The summed E-state index contributed by atoms with van der Waals surface area (Å²) in [5, 5.41) is 14.9. The maximum Gasteiger partial charge on any atom is 0.246 e. The Kier molecular flexibility index (Phi) is 5.85. The molecule has 2 rings (SSSR count). The van der Waals surface area contributed by atoms with Crippen molar-refractivity contribution in [2.75, 3.05) is 24.9 Å². The summed E-state index contributed by atoms with van der Waals surface area (Å²) in [6.07, 6.45) is 0. The van der Waals surface area contributed by atoms with Crippen molar-refractivity contribution in [3.8, 4) is 17.6 Å². The van der Waals surface area contributed by atoms with Crippen molar-refractivity contribution in [3.63, 3.8) is 0 Å². The van der Waals surface area contributed by atoms with E-state index >= 15 is 0 Å². The van der Waals surface area contributed by atoms with Gasteiger partial charge in [0.05, 0.1) is 25.9 Å². The second-order valence-electron chi connectivity index (χ2n) is 5.57. The molecular weight excluding hydrogens is 318 g/mol. The van der Waals surface area contributed by atoms with Crippen molar-refractivity contribution in [2.24, 2.45) is 0 Å². The molecule has 0 aliphatic heterocycles. The zero-order valence-electron chi connectivity index (χ0n) is 14.7. The first kappa shape index (κ1) is 18.1. The predicted octanol–water partition coefficient (Wildman–Crippen LogP) is 3.32. The third-order valence-electron chi connectivity index (χ3n) is 3.76. The molecule has 0 aliphatic carbocycles. The highest BCUT2D eigenvalue weighted by Gasteiger charge is 2.16. The normalized spacial score (nSPS) is 11.2. The van der Waals surface area contributed by atoms with Crippen LogP contribution in [0, 0.1) is 18.3 Å². The number of hydrogen-bond donors (Lipinski definition) is 2. The predicted molar refractivity (Wildman–Crippen MR) is 97.2 cm³/mol. The van der Waals surface area contributed by atoms with E-state index < -0.39 is 6.04 Å². The second kappa shape index (κ2) is 8.06. The van der Waals surface area contributed by atoms with Crippen molar-refractivity contribution in [3.05, 3.63) is 47.5 Å². The topological polar surface area (TPSA) is 83.4 Å². The first-order chi connectivity index (χ1) is 12.0. The van der Waals surface area contributed by atoms with Gasteiger partial charge in [-0.3, -0.25) is 4.79 Å². The van der Waals surface area contributed by atoms with Gasteiger partial charge in [0.1, 0.15) is 6.04 Å². The third kappa shape index (κ3) is 4.42. The van der Waals surface area contributed by atoms with Gasteiger partial charge < -0.3 is 20.1 Å². The fourth-order valence-corrected chi connectivity index (χ4v) is 2.35. The summed E-state index contributed by atoms with van der Waals surface area (Å²) in [5.41, 5.74) is 2.80. The number of carbonyl (C=O) groups excluding carboxylic acids is 1. The Morgan fingerprint density at radius 2 is 1.84 bits per heavy atom. The van der Waals surface area contributed by atoms with Crippen molar-refractivity contribution < 1.29 is 14.3 Å². The van der Waals surface area contributed by atoms with Crippen LogP contribution in [0.15, 0.2) is 36.4 Å². The summed E-state index contributed by atoms with van der Waals surface area (Å²) in [5.74, 6) is 1.02. The average Bonchev–Trinajstić information content (AvgIpc) is 2.62. The number of amides is 1. The van der Waals surface area contributed by atoms with Crippen LogP contribution >= 0.6 is 0 Å². The van der Waals surface area contributed by atoms with Crippen molar-refractivity contribution in [2.45, 2.75) is 19.9 Å². The summed E-state index contributed by atoms with van der Waals surface area (Å²) in [7, 11) is 3.14. The van der Waals surface area contributed by atoms with E-state index in [-0.39, 0.29) is 5.91 Å². The number of benzene rings is 2. The van der Waals surface area contributed by atoms with E-state index in [9.17, 15) is 4.79 Å². The molecular formula is C19H21N3O3. The van der Waals surface area contributed by atoms with E-state index in [4.69, 9.17) is 14.7 Å². The standard InChI is InChI=1S/C19H21N3O3/c1-12-8-17(24-3)18(25-4)10-16(12)21-13(2)19(23)22-15-7-5-6-14(9-15)11-20/h5-10,13,21H,1-4H3,(H,22,23). The van der Waals surface area contributed by atoms with Gasteiger partial charge in [0.15, 0.2) is 11.5 Å². The molecule has 0 heterocycles. The lowest BCUT2D eigenvalue weighted by Gasteiger charge is -2.19. The molecule has 1 amide bonds. The zero-order chi connectivity index (χ0) is 18.4. The molecule has 0 saturated carbocycles. The second-order valence-corrected chi connectivity index (χ2v) is 5.57. The van der Waals surface area contributed by atoms with Gasteiger partial charge in [0.25, 0.3) is 0 Å². The van der Waals surface area contributed by atoms with Crippen molar-refractivity contribution >= 4 is 17.3 Å². The monoisotopic (exact) mass is 339 g/mol. The molecule has 0 fully saturated rings. The van der Waals surface area contributed by atoms with Crippen molar-refractivity contribution in [1.29, 1.82) is 5.26 Å². The SMILES string of the molecule is COc1cc(C)c(NC(C)C(=O)Nc2cccc(C#N)c2)cc1OC. The summed E-state index contributed by atoms with van der Waals surface area (Å²) in [6, 6.07) is 12.0. The van der Waals surface area contributed by atoms with E-state index in [1.165, 1.54) is 0 Å². The molecule has 0 aromatic heterocycles. The van der Waals surface area contributed by atoms with Gasteiger partial charge in [0, 0.05) is 17.4 Å². The molecule has 0 saturated heterocycles. The van der Waals surface area contributed by atoms with Crippen LogP contribution in [0.3, 0.4) is 0 Å². The van der Waals surface area contributed by atoms with Gasteiger partial charge in [-0.15, -0.1) is 0 Å². The fourth-order valence-electron chi connectivity index (χ4n) is 2.35. The molecule has 6 nitrogen and oxygen atoms in total. The zero-order valence-corrected chi connectivity index (χ0v) is 14.7. The van der Waals surface area contributed by atoms with E-state index in [0.29, 0.717) is 22.7 Å². The van der Waals surface area contributed by atoms with E-state index in [2.05, 4.69) is 10.6 Å². The molecule has 1 unspecified atom stereocenters. The lowest BCUT2D eigenvalue weighted by Crippen LogP contribution is -2.32. The van der Waals surface area contributed by atoms with Crippen LogP contribution in [0.2, 0.25) is 0 Å². The smallest absolute Gasteiger partial charge is 0.246 e. The molecule has 2 aromatic rings. The first-order valence-corrected chi connectivity index (χ1v) is 7.78.